The number of thiazole rings is 1. The summed E-state index contributed by atoms with van der Waals surface area (Å²) in [5.41, 5.74) is 0.653. The molecule has 5 nitrogen and oxygen atoms in total. The topological polar surface area (TPSA) is 75.9 Å². The van der Waals surface area contributed by atoms with E-state index in [4.69, 9.17) is 17.0 Å². The Bertz CT molecular complexity index is 751. The summed E-state index contributed by atoms with van der Waals surface area (Å²) in [6.45, 7) is 2.05. The van der Waals surface area contributed by atoms with Gasteiger partial charge in [-0.2, -0.15) is 4.90 Å². The van der Waals surface area contributed by atoms with Crippen molar-refractivity contribution in [3.05, 3.63) is 51.4 Å². The third-order valence-corrected chi connectivity index (χ3v) is 6.27. The minimum absolute atomic E-state index is 0.202. The van der Waals surface area contributed by atoms with Gasteiger partial charge in [0.25, 0.3) is 0 Å². The number of likely N-dealkylation sites (N-methyl/N-ethyl adjacent to an activating group) is 1. The number of aldehydes is 1. The molecule has 1 amide bonds. The van der Waals surface area contributed by atoms with Crippen LogP contribution >= 0.6 is 34.7 Å². The standard InChI is InChI=1S/C17H18ClN3O2S2/c1-11(14-8-20-16(18)25-14)10-24-17(19)21(2)15(23)13(9-22)12-6-4-3-5-7-12/h3-9,11,13,19H,10H2,1-2H3/p+1. The molecule has 0 aliphatic heterocycles. The molecule has 8 heteroatoms. The summed E-state index contributed by atoms with van der Waals surface area (Å²) in [6, 6.07) is 8.93. The predicted octanol–water partition coefficient (Wildman–Crippen LogP) is 2.19. The van der Waals surface area contributed by atoms with Gasteiger partial charge in [-0.3, -0.25) is 5.41 Å². The number of halogens is 1. The van der Waals surface area contributed by atoms with Gasteiger partial charge in [-0.1, -0.05) is 48.9 Å². The van der Waals surface area contributed by atoms with Crippen LogP contribution in [0.4, 0.5) is 0 Å². The van der Waals surface area contributed by atoms with E-state index in [1.54, 1.807) is 37.5 Å². The van der Waals surface area contributed by atoms with E-state index < -0.39 is 5.92 Å². The molecule has 1 aromatic carbocycles. The molecule has 0 saturated heterocycles. The first-order valence-electron chi connectivity index (χ1n) is 7.58. The molecule has 0 radical (unpaired) electrons. The molecule has 0 aliphatic carbocycles. The smallest absolute Gasteiger partial charge is 0.302 e. The van der Waals surface area contributed by atoms with Gasteiger partial charge in [-0.05, 0) is 17.3 Å². The number of thioether (sulfide) groups is 1. The van der Waals surface area contributed by atoms with Gasteiger partial charge in [0.1, 0.15) is 12.2 Å². The molecule has 0 bridgehead atoms. The van der Waals surface area contributed by atoms with Gasteiger partial charge < -0.3 is 4.79 Å². The van der Waals surface area contributed by atoms with Gasteiger partial charge in [0.05, 0.1) is 7.05 Å². The van der Waals surface area contributed by atoms with Crippen molar-refractivity contribution in [3.63, 3.8) is 0 Å². The fourth-order valence-corrected chi connectivity index (χ4v) is 4.13. The number of benzene rings is 1. The van der Waals surface area contributed by atoms with Crippen molar-refractivity contribution in [3.8, 4) is 0 Å². The van der Waals surface area contributed by atoms with Gasteiger partial charge in [0.2, 0.25) is 0 Å². The zero-order valence-corrected chi connectivity index (χ0v) is 16.3. The maximum Gasteiger partial charge on any atom is 0.324 e. The second-order valence-corrected chi connectivity index (χ2v) is 8.17. The summed E-state index contributed by atoms with van der Waals surface area (Å²) in [6.07, 6.45) is 2.40. The molecule has 2 N–H and O–H groups in total. The van der Waals surface area contributed by atoms with E-state index in [2.05, 4.69) is 4.98 Å². The van der Waals surface area contributed by atoms with E-state index >= 15 is 0 Å². The van der Waals surface area contributed by atoms with Gasteiger partial charge in [-0.15, -0.1) is 11.3 Å². The van der Waals surface area contributed by atoms with Crippen LogP contribution in [0.15, 0.2) is 36.5 Å². The second kappa shape index (κ2) is 9.12. The number of aromatic nitrogens is 1. The monoisotopic (exact) mass is 396 g/mol. The normalized spacial score (nSPS) is 13.1. The largest absolute Gasteiger partial charge is 0.324 e. The van der Waals surface area contributed by atoms with Crippen LogP contribution in [0.5, 0.6) is 0 Å². The molecule has 0 saturated carbocycles. The molecule has 0 fully saturated rings. The zero-order valence-electron chi connectivity index (χ0n) is 13.9. The number of carbonyl (C=O) groups is 2. The first-order valence-corrected chi connectivity index (χ1v) is 9.76. The number of hydrogen-bond donors (Lipinski definition) is 1. The van der Waals surface area contributed by atoms with Crippen LogP contribution in [-0.2, 0) is 9.59 Å². The SMILES string of the molecule is CC(CSC(=[NH2+])N(C)C(=O)C(C=O)c1ccccc1)c1cnc(Cl)s1. The Balaban J connectivity index is 1.96. The van der Waals surface area contributed by atoms with Crippen LogP contribution in [0.25, 0.3) is 0 Å². The molecule has 25 heavy (non-hydrogen) atoms. The van der Waals surface area contributed by atoms with E-state index in [1.807, 2.05) is 13.0 Å². The van der Waals surface area contributed by atoms with Crippen molar-refractivity contribution in [2.45, 2.75) is 18.8 Å². The van der Waals surface area contributed by atoms with Crippen molar-refractivity contribution >= 4 is 52.1 Å². The average molecular weight is 397 g/mol. The number of amides is 1. The second-order valence-electron chi connectivity index (χ2n) is 5.49. The van der Waals surface area contributed by atoms with Crippen LogP contribution < -0.4 is 5.41 Å². The highest BCUT2D eigenvalue weighted by Crippen LogP contribution is 2.28. The molecule has 1 heterocycles. The molecule has 0 spiro atoms. The van der Waals surface area contributed by atoms with Gasteiger partial charge in [-0.25, -0.2) is 9.78 Å². The summed E-state index contributed by atoms with van der Waals surface area (Å²) in [7, 11) is 1.58. The Labute approximate surface area is 159 Å². The predicted molar refractivity (Wildman–Crippen MR) is 103 cm³/mol. The molecule has 1 aromatic heterocycles. The van der Waals surface area contributed by atoms with E-state index in [9.17, 15) is 9.59 Å². The van der Waals surface area contributed by atoms with Gasteiger partial charge >= 0.3 is 11.1 Å². The maximum atomic E-state index is 12.6. The number of amidine groups is 1. The Hall–Kier alpha value is -1.70. The van der Waals surface area contributed by atoms with E-state index in [0.717, 1.165) is 4.88 Å². The minimum atomic E-state index is -0.858. The molecule has 132 valence electrons. The maximum absolute atomic E-state index is 12.6. The first kappa shape index (κ1) is 19.6. The van der Waals surface area contributed by atoms with Crippen molar-refractivity contribution in [1.82, 2.24) is 9.88 Å². The van der Waals surface area contributed by atoms with E-state index in [0.29, 0.717) is 27.2 Å². The number of hydrogen-bond acceptors (Lipinski definition) is 5. The third kappa shape index (κ3) is 5.14. The van der Waals surface area contributed by atoms with Crippen LogP contribution in [0, 0.1) is 0 Å². The fraction of sp³-hybridized carbons (Fsp3) is 0.294. The highest BCUT2D eigenvalue weighted by molar-refractivity contribution is 8.13. The lowest BCUT2D eigenvalue weighted by atomic mass is 9.99. The lowest BCUT2D eigenvalue weighted by Crippen LogP contribution is -2.51. The minimum Gasteiger partial charge on any atom is -0.302 e. The summed E-state index contributed by atoms with van der Waals surface area (Å²) < 4.78 is 0.507. The highest BCUT2D eigenvalue weighted by Gasteiger charge is 2.31. The molecular weight excluding hydrogens is 378 g/mol. The zero-order chi connectivity index (χ0) is 18.4. The van der Waals surface area contributed by atoms with Crippen molar-refractivity contribution in [2.24, 2.45) is 0 Å². The third-order valence-electron chi connectivity index (χ3n) is 3.68. The van der Waals surface area contributed by atoms with Crippen LogP contribution in [0.3, 0.4) is 0 Å². The number of carbonyl (C=O) groups excluding carboxylic acids is 2. The summed E-state index contributed by atoms with van der Waals surface area (Å²) >= 11 is 8.65. The summed E-state index contributed by atoms with van der Waals surface area (Å²) in [5, 5.41) is 6.41. The Morgan fingerprint density at radius 3 is 2.68 bits per heavy atom. The van der Waals surface area contributed by atoms with Crippen molar-refractivity contribution in [1.29, 1.82) is 0 Å². The summed E-state index contributed by atoms with van der Waals surface area (Å²) in [4.78, 5) is 30.4. The Morgan fingerprint density at radius 1 is 1.44 bits per heavy atom. The molecule has 2 unspecified atom stereocenters. The Morgan fingerprint density at radius 2 is 2.12 bits per heavy atom. The number of nitrogens with two attached hydrogens (primary N) is 1. The lowest BCUT2D eigenvalue weighted by Gasteiger charge is -2.15. The highest BCUT2D eigenvalue weighted by atomic mass is 35.5. The van der Waals surface area contributed by atoms with Crippen molar-refractivity contribution in [2.75, 3.05) is 12.8 Å². The van der Waals surface area contributed by atoms with Gasteiger partial charge in [0, 0.05) is 22.7 Å². The van der Waals surface area contributed by atoms with Crippen LogP contribution in [0.2, 0.25) is 4.47 Å². The quantitative estimate of drug-likeness (QED) is 0.351. The van der Waals surface area contributed by atoms with Crippen LogP contribution in [0.1, 0.15) is 29.2 Å². The molecular formula is C17H19ClN3O2S2+. The number of rotatable bonds is 6. The van der Waals surface area contributed by atoms with E-state index in [-0.39, 0.29) is 11.8 Å². The molecule has 0 aliphatic rings. The lowest BCUT2D eigenvalue weighted by molar-refractivity contribution is -0.140. The van der Waals surface area contributed by atoms with Gasteiger partial charge in [0.15, 0.2) is 4.47 Å². The summed E-state index contributed by atoms with van der Waals surface area (Å²) in [5.74, 6) is -0.324. The average Bonchev–Trinajstić information content (AvgIpc) is 3.06. The van der Waals surface area contributed by atoms with Crippen LogP contribution in [-0.4, -0.2) is 40.0 Å². The Kier molecular flexibility index (Phi) is 7.16. The molecule has 2 aromatic rings. The van der Waals surface area contributed by atoms with Crippen molar-refractivity contribution < 1.29 is 15.0 Å². The molecule has 2 atom stereocenters. The van der Waals surface area contributed by atoms with E-state index in [1.165, 1.54) is 28.0 Å². The molecule has 2 rings (SSSR count). The first-order chi connectivity index (χ1) is 11.9. The fourth-order valence-electron chi connectivity index (χ4n) is 2.14. The number of nitrogens with zero attached hydrogens (tertiary/aromatic N) is 2.